The molecule has 0 bridgehead atoms. The van der Waals surface area contributed by atoms with Gasteiger partial charge in [-0.25, -0.2) is 4.98 Å². The van der Waals surface area contributed by atoms with Crippen LogP contribution in [0.25, 0.3) is 27.9 Å². The Morgan fingerprint density at radius 2 is 1.54 bits per heavy atom. The second kappa shape index (κ2) is 10.6. The Hall–Kier alpha value is -4.04. The van der Waals surface area contributed by atoms with E-state index < -0.39 is 0 Å². The van der Waals surface area contributed by atoms with Crippen molar-refractivity contribution in [3.05, 3.63) is 72.1 Å². The number of carbonyl (C=O) groups excluding carboxylic acids is 2. The molecule has 2 aliphatic heterocycles. The maximum Gasteiger partial charge on any atom is 0.225 e. The molecule has 0 unspecified atom stereocenters. The van der Waals surface area contributed by atoms with Crippen LogP contribution in [-0.4, -0.2) is 57.5 Å². The summed E-state index contributed by atoms with van der Waals surface area (Å²) in [6.07, 6.45) is 4.83. The van der Waals surface area contributed by atoms with E-state index in [4.69, 9.17) is 15.5 Å². The van der Waals surface area contributed by atoms with Crippen LogP contribution in [0.2, 0.25) is 0 Å². The van der Waals surface area contributed by atoms with Crippen LogP contribution in [0.5, 0.6) is 0 Å². The predicted octanol–water partition coefficient (Wildman–Crippen LogP) is 4.98. The molecule has 4 aromatic rings. The normalized spacial score (nSPS) is 17.0. The van der Waals surface area contributed by atoms with Crippen molar-refractivity contribution in [3.8, 4) is 22.3 Å². The Kier molecular flexibility index (Phi) is 6.87. The number of carbonyl (C=O) groups is 2. The van der Waals surface area contributed by atoms with Gasteiger partial charge in [0.2, 0.25) is 5.91 Å². The molecule has 0 aliphatic carbocycles. The van der Waals surface area contributed by atoms with Gasteiger partial charge in [0.25, 0.3) is 0 Å². The topological polar surface area (TPSA) is 103 Å². The van der Waals surface area contributed by atoms with Gasteiger partial charge in [0.15, 0.2) is 11.4 Å². The van der Waals surface area contributed by atoms with Gasteiger partial charge in [-0.3, -0.25) is 9.59 Å². The van der Waals surface area contributed by atoms with E-state index in [9.17, 15) is 9.59 Å². The van der Waals surface area contributed by atoms with E-state index in [1.165, 1.54) is 6.92 Å². The largest absolute Gasteiger partial charge is 0.383 e. The Bertz CT molecular complexity index is 1500. The number of piperidine rings is 1. The van der Waals surface area contributed by atoms with Crippen molar-refractivity contribution in [2.24, 2.45) is 5.92 Å². The average Bonchev–Trinajstić information content (AvgIpc) is 3.42. The highest BCUT2D eigenvalue weighted by Crippen LogP contribution is 2.35. The van der Waals surface area contributed by atoms with Gasteiger partial charge in [0.05, 0.1) is 17.5 Å². The molecule has 2 aromatic carbocycles. The van der Waals surface area contributed by atoms with Crippen molar-refractivity contribution in [2.45, 2.75) is 38.5 Å². The summed E-state index contributed by atoms with van der Waals surface area (Å²) in [5, 5.41) is 4.51. The number of nitrogens with zero attached hydrogens (tertiary/aromatic N) is 4. The highest BCUT2D eigenvalue weighted by molar-refractivity contribution is 6.00. The summed E-state index contributed by atoms with van der Waals surface area (Å²) in [5.74, 6) is 0.509. The van der Waals surface area contributed by atoms with E-state index in [1.807, 2.05) is 23.1 Å². The molecule has 39 heavy (non-hydrogen) atoms. The van der Waals surface area contributed by atoms with Crippen LogP contribution in [0.3, 0.4) is 0 Å². The lowest BCUT2D eigenvalue weighted by atomic mass is 9.88. The molecule has 200 valence electrons. The Labute approximate surface area is 227 Å². The van der Waals surface area contributed by atoms with Crippen LogP contribution in [0.4, 0.5) is 5.82 Å². The molecule has 1 amide bonds. The molecule has 4 heterocycles. The lowest BCUT2D eigenvalue weighted by Crippen LogP contribution is -2.43. The van der Waals surface area contributed by atoms with E-state index in [1.54, 1.807) is 10.7 Å². The summed E-state index contributed by atoms with van der Waals surface area (Å²) in [7, 11) is 0. The molecule has 8 heteroatoms. The van der Waals surface area contributed by atoms with Gasteiger partial charge in [0.1, 0.15) is 5.82 Å². The maximum absolute atomic E-state index is 13.1. The first-order valence-electron chi connectivity index (χ1n) is 13.7. The van der Waals surface area contributed by atoms with E-state index >= 15 is 0 Å². The van der Waals surface area contributed by atoms with Crippen LogP contribution in [0.15, 0.2) is 60.8 Å². The number of anilines is 1. The Balaban J connectivity index is 1.30. The minimum Gasteiger partial charge on any atom is -0.383 e. The molecule has 2 aliphatic rings. The minimum atomic E-state index is -0.123. The number of nitrogens with two attached hydrogens (primary N) is 1. The quantitative estimate of drug-likeness (QED) is 0.370. The third-order valence-electron chi connectivity index (χ3n) is 8.13. The number of benzene rings is 2. The standard InChI is InChI=1S/C31H33N5O3/c1-20(37)27-28(24-11-15-35(16-12-24)31(38)25-13-17-39-18-14-25)34-30-26(19-33-36(30)29(27)32)23-9-7-22(8-10-23)21-5-3-2-4-6-21/h2-10,19,24-25H,11-18,32H2,1H3. The zero-order valence-electron chi connectivity index (χ0n) is 22.2. The molecule has 2 saturated heterocycles. The summed E-state index contributed by atoms with van der Waals surface area (Å²) in [6, 6.07) is 18.6. The number of amides is 1. The fourth-order valence-corrected chi connectivity index (χ4v) is 5.94. The molecule has 0 spiro atoms. The number of ether oxygens (including phenoxy) is 1. The first-order chi connectivity index (χ1) is 19.0. The minimum absolute atomic E-state index is 0.0399. The number of hydrogen-bond acceptors (Lipinski definition) is 6. The van der Waals surface area contributed by atoms with Gasteiger partial charge in [-0.15, -0.1) is 0 Å². The average molecular weight is 524 g/mol. The van der Waals surface area contributed by atoms with Crippen LogP contribution < -0.4 is 5.73 Å². The molecule has 2 N–H and O–H groups in total. The van der Waals surface area contributed by atoms with Crippen molar-refractivity contribution in [3.63, 3.8) is 0 Å². The molecule has 2 aromatic heterocycles. The van der Waals surface area contributed by atoms with Gasteiger partial charge in [-0.1, -0.05) is 54.6 Å². The first kappa shape index (κ1) is 25.2. The van der Waals surface area contributed by atoms with Crippen molar-refractivity contribution in [2.75, 3.05) is 32.0 Å². The second-order valence-corrected chi connectivity index (χ2v) is 10.5. The molecule has 8 nitrogen and oxygen atoms in total. The fourth-order valence-electron chi connectivity index (χ4n) is 5.94. The third-order valence-corrected chi connectivity index (χ3v) is 8.13. The van der Waals surface area contributed by atoms with Gasteiger partial charge in [0, 0.05) is 43.7 Å². The zero-order valence-corrected chi connectivity index (χ0v) is 22.2. The molecule has 0 radical (unpaired) electrons. The number of Topliss-reactive ketones (excluding diaryl/α,β-unsaturated/α-hetero) is 1. The molecular weight excluding hydrogens is 490 g/mol. The second-order valence-electron chi connectivity index (χ2n) is 10.5. The van der Waals surface area contributed by atoms with Gasteiger partial charge in [-0.05, 0) is 49.3 Å². The number of hydrogen-bond donors (Lipinski definition) is 1. The van der Waals surface area contributed by atoms with Gasteiger partial charge in [-0.2, -0.15) is 9.61 Å². The lowest BCUT2D eigenvalue weighted by molar-refractivity contribution is -0.139. The van der Waals surface area contributed by atoms with E-state index in [2.05, 4.69) is 41.5 Å². The molecule has 0 atom stereocenters. The van der Waals surface area contributed by atoms with E-state index in [-0.39, 0.29) is 23.5 Å². The molecular formula is C31H33N5O3. The summed E-state index contributed by atoms with van der Waals surface area (Å²) >= 11 is 0. The molecule has 0 saturated carbocycles. The zero-order chi connectivity index (χ0) is 26.9. The van der Waals surface area contributed by atoms with E-state index in [0.717, 1.165) is 47.9 Å². The van der Waals surface area contributed by atoms with E-state index in [0.29, 0.717) is 49.0 Å². The van der Waals surface area contributed by atoms with Crippen molar-refractivity contribution in [1.82, 2.24) is 19.5 Å². The summed E-state index contributed by atoms with van der Waals surface area (Å²) < 4.78 is 7.00. The van der Waals surface area contributed by atoms with Crippen molar-refractivity contribution >= 4 is 23.2 Å². The summed E-state index contributed by atoms with van der Waals surface area (Å²) in [4.78, 5) is 32.8. The third kappa shape index (κ3) is 4.81. The van der Waals surface area contributed by atoms with Crippen molar-refractivity contribution in [1.29, 1.82) is 0 Å². The summed E-state index contributed by atoms with van der Waals surface area (Å²) in [6.45, 7) is 4.14. The number of fused-ring (bicyclic) bond motifs is 1. The van der Waals surface area contributed by atoms with Gasteiger partial charge < -0.3 is 15.4 Å². The number of aromatic nitrogens is 3. The monoisotopic (exact) mass is 523 g/mol. The first-order valence-corrected chi connectivity index (χ1v) is 13.7. The Morgan fingerprint density at radius 3 is 2.21 bits per heavy atom. The van der Waals surface area contributed by atoms with Gasteiger partial charge >= 0.3 is 0 Å². The van der Waals surface area contributed by atoms with Crippen LogP contribution in [-0.2, 0) is 9.53 Å². The van der Waals surface area contributed by atoms with Crippen molar-refractivity contribution < 1.29 is 14.3 Å². The fraction of sp³-hybridized carbons (Fsp3) is 0.355. The molecule has 2 fully saturated rings. The highest BCUT2D eigenvalue weighted by Gasteiger charge is 2.32. The number of rotatable bonds is 5. The smallest absolute Gasteiger partial charge is 0.225 e. The van der Waals surface area contributed by atoms with Crippen LogP contribution in [0.1, 0.15) is 54.6 Å². The van der Waals surface area contributed by atoms with Crippen LogP contribution in [0, 0.1) is 5.92 Å². The summed E-state index contributed by atoms with van der Waals surface area (Å²) in [5.41, 5.74) is 12.5. The maximum atomic E-state index is 13.1. The lowest BCUT2D eigenvalue weighted by Gasteiger charge is -2.35. The van der Waals surface area contributed by atoms with Crippen LogP contribution >= 0.6 is 0 Å². The molecule has 6 rings (SSSR count). The number of nitrogen functional groups attached to an aromatic ring is 1. The SMILES string of the molecule is CC(=O)c1c(C2CCN(C(=O)C3CCOCC3)CC2)nc2c(-c3ccc(-c4ccccc4)cc3)cnn2c1N. The number of ketones is 1. The number of likely N-dealkylation sites (tertiary alicyclic amines) is 1. The predicted molar refractivity (Wildman–Crippen MR) is 150 cm³/mol. The Morgan fingerprint density at radius 1 is 0.897 bits per heavy atom. The highest BCUT2D eigenvalue weighted by atomic mass is 16.5.